The highest BCUT2D eigenvalue weighted by Gasteiger charge is 2.10. The Morgan fingerprint density at radius 3 is 2.53 bits per heavy atom. The number of nitrogens with zero attached hydrogens (tertiary/aromatic N) is 2. The van der Waals surface area contributed by atoms with Crippen LogP contribution in [0.2, 0.25) is 5.02 Å². The molecule has 0 aliphatic rings. The molecule has 0 unspecified atom stereocenters. The number of pyridine rings is 1. The van der Waals surface area contributed by atoms with Gasteiger partial charge in [-0.1, -0.05) is 23.8 Å². The minimum atomic E-state index is 0.489. The fourth-order valence-corrected chi connectivity index (χ4v) is 1.39. The molecule has 80 valence electrons. The van der Waals surface area contributed by atoms with Gasteiger partial charge in [-0.3, -0.25) is 0 Å². The van der Waals surface area contributed by atoms with Crippen molar-refractivity contribution in [3.05, 3.63) is 42.6 Å². The molecule has 0 bridgehead atoms. The topological polar surface area (TPSA) is 42.2 Å². The Morgan fingerprint density at radius 2 is 2.00 bits per heavy atom. The van der Waals surface area contributed by atoms with E-state index in [2.05, 4.69) is 18.1 Å². The van der Waals surface area contributed by atoms with Crippen molar-refractivity contribution in [2.24, 2.45) is 0 Å². The predicted octanol–water partition coefficient (Wildman–Crippen LogP) is 2.50. The van der Waals surface area contributed by atoms with Gasteiger partial charge in [0.1, 0.15) is 0 Å². The van der Waals surface area contributed by atoms with E-state index in [0.717, 1.165) is 0 Å². The lowest BCUT2D eigenvalue weighted by Gasteiger charge is -2.22. The van der Waals surface area contributed by atoms with Gasteiger partial charge < -0.3 is 10.6 Å². The van der Waals surface area contributed by atoms with Gasteiger partial charge in [0.2, 0.25) is 0 Å². The van der Waals surface area contributed by atoms with Gasteiger partial charge >= 0.3 is 0 Å². The van der Waals surface area contributed by atoms with Gasteiger partial charge in [0.05, 0.1) is 10.7 Å². The van der Waals surface area contributed by atoms with Gasteiger partial charge in [-0.2, -0.15) is 0 Å². The SMILES string of the molecule is C=CCN(CC=C)c1nccc(Cl)c1N. The minimum absolute atomic E-state index is 0.489. The molecule has 0 aliphatic heterocycles. The van der Waals surface area contributed by atoms with Crippen LogP contribution >= 0.6 is 11.6 Å². The van der Waals surface area contributed by atoms with Crippen molar-refractivity contribution in [2.45, 2.75) is 0 Å². The minimum Gasteiger partial charge on any atom is -0.395 e. The molecule has 15 heavy (non-hydrogen) atoms. The third kappa shape index (κ3) is 2.73. The normalized spacial score (nSPS) is 9.67. The quantitative estimate of drug-likeness (QED) is 0.780. The zero-order chi connectivity index (χ0) is 11.3. The Hall–Kier alpha value is -1.48. The van der Waals surface area contributed by atoms with E-state index in [4.69, 9.17) is 17.3 Å². The third-order valence-electron chi connectivity index (χ3n) is 1.91. The van der Waals surface area contributed by atoms with Crippen LogP contribution in [0, 0.1) is 0 Å². The standard InChI is InChI=1S/C11H14ClN3/c1-3-7-15(8-4-2)11-10(13)9(12)5-6-14-11/h3-6H,1-2,7-8,13H2. The smallest absolute Gasteiger partial charge is 0.153 e. The summed E-state index contributed by atoms with van der Waals surface area (Å²) in [6.45, 7) is 8.68. The van der Waals surface area contributed by atoms with Crippen LogP contribution in [0.4, 0.5) is 11.5 Å². The summed E-state index contributed by atoms with van der Waals surface area (Å²) in [5.74, 6) is 0.669. The van der Waals surface area contributed by atoms with Crippen molar-refractivity contribution >= 4 is 23.1 Å². The van der Waals surface area contributed by atoms with Crippen molar-refractivity contribution < 1.29 is 0 Å². The third-order valence-corrected chi connectivity index (χ3v) is 2.24. The Bertz CT molecular complexity index is 353. The molecule has 0 fully saturated rings. The van der Waals surface area contributed by atoms with E-state index in [9.17, 15) is 0 Å². The summed E-state index contributed by atoms with van der Waals surface area (Å²) in [6.07, 6.45) is 5.20. The van der Waals surface area contributed by atoms with E-state index in [0.29, 0.717) is 29.6 Å². The monoisotopic (exact) mass is 223 g/mol. The lowest BCUT2D eigenvalue weighted by molar-refractivity contribution is 0.929. The predicted molar refractivity (Wildman–Crippen MR) is 66.3 cm³/mol. The summed E-state index contributed by atoms with van der Waals surface area (Å²) in [7, 11) is 0. The molecule has 0 spiro atoms. The number of nitrogen functional groups attached to an aromatic ring is 1. The number of anilines is 2. The maximum absolute atomic E-state index is 5.91. The molecule has 1 rings (SSSR count). The number of nitrogens with two attached hydrogens (primary N) is 1. The summed E-state index contributed by atoms with van der Waals surface area (Å²) in [4.78, 5) is 6.14. The summed E-state index contributed by atoms with van der Waals surface area (Å²) in [5, 5.41) is 0.512. The van der Waals surface area contributed by atoms with Crippen LogP contribution < -0.4 is 10.6 Å². The Morgan fingerprint density at radius 1 is 1.40 bits per heavy atom. The summed E-state index contributed by atoms with van der Waals surface area (Å²) >= 11 is 5.91. The molecule has 0 amide bonds. The van der Waals surface area contributed by atoms with Gasteiger partial charge in [0, 0.05) is 19.3 Å². The molecule has 0 aliphatic carbocycles. The van der Waals surface area contributed by atoms with Gasteiger partial charge in [0.15, 0.2) is 5.82 Å². The Labute approximate surface area is 94.9 Å². The number of hydrogen-bond donors (Lipinski definition) is 1. The number of hydrogen-bond acceptors (Lipinski definition) is 3. The van der Waals surface area contributed by atoms with Crippen LogP contribution in [0.3, 0.4) is 0 Å². The van der Waals surface area contributed by atoms with Crippen LogP contribution in [0.5, 0.6) is 0 Å². The largest absolute Gasteiger partial charge is 0.395 e. The second-order valence-electron chi connectivity index (χ2n) is 3.01. The van der Waals surface area contributed by atoms with E-state index < -0.39 is 0 Å². The zero-order valence-electron chi connectivity index (χ0n) is 8.49. The van der Waals surface area contributed by atoms with Crippen LogP contribution in [-0.2, 0) is 0 Å². The van der Waals surface area contributed by atoms with Crippen molar-refractivity contribution in [2.75, 3.05) is 23.7 Å². The average molecular weight is 224 g/mol. The maximum Gasteiger partial charge on any atom is 0.153 e. The van der Waals surface area contributed by atoms with E-state index in [1.54, 1.807) is 24.4 Å². The average Bonchev–Trinajstić information content (AvgIpc) is 2.22. The van der Waals surface area contributed by atoms with E-state index in [1.807, 2.05) is 4.90 Å². The van der Waals surface area contributed by atoms with Gasteiger partial charge in [0.25, 0.3) is 0 Å². The van der Waals surface area contributed by atoms with Crippen molar-refractivity contribution in [1.29, 1.82) is 0 Å². The molecule has 3 nitrogen and oxygen atoms in total. The lowest BCUT2D eigenvalue weighted by Crippen LogP contribution is -2.25. The molecular formula is C11H14ClN3. The van der Waals surface area contributed by atoms with Crippen molar-refractivity contribution in [3.8, 4) is 0 Å². The molecule has 1 aromatic rings. The number of rotatable bonds is 5. The van der Waals surface area contributed by atoms with Crippen LogP contribution in [-0.4, -0.2) is 18.1 Å². The second-order valence-corrected chi connectivity index (χ2v) is 3.42. The van der Waals surface area contributed by atoms with Gasteiger partial charge in [-0.05, 0) is 6.07 Å². The molecule has 2 N–H and O–H groups in total. The molecule has 1 aromatic heterocycles. The first-order valence-electron chi connectivity index (χ1n) is 4.57. The second kappa shape index (κ2) is 5.41. The highest BCUT2D eigenvalue weighted by molar-refractivity contribution is 6.33. The fraction of sp³-hybridized carbons (Fsp3) is 0.182. The summed E-state index contributed by atoms with van der Waals surface area (Å²) < 4.78 is 0. The summed E-state index contributed by atoms with van der Waals surface area (Å²) in [6, 6.07) is 1.67. The molecule has 0 saturated heterocycles. The van der Waals surface area contributed by atoms with Gasteiger partial charge in [-0.25, -0.2) is 4.98 Å². The van der Waals surface area contributed by atoms with E-state index in [1.165, 1.54) is 0 Å². The lowest BCUT2D eigenvalue weighted by atomic mass is 10.3. The van der Waals surface area contributed by atoms with E-state index in [-0.39, 0.29) is 0 Å². The Balaban J connectivity index is 3.04. The molecule has 0 saturated carbocycles. The highest BCUT2D eigenvalue weighted by Crippen LogP contribution is 2.27. The molecule has 0 atom stereocenters. The van der Waals surface area contributed by atoms with E-state index >= 15 is 0 Å². The molecule has 0 radical (unpaired) electrons. The summed E-state index contributed by atoms with van der Waals surface area (Å²) in [5.41, 5.74) is 6.33. The first-order valence-corrected chi connectivity index (χ1v) is 4.95. The number of halogens is 1. The molecule has 0 aromatic carbocycles. The van der Waals surface area contributed by atoms with Crippen LogP contribution in [0.25, 0.3) is 0 Å². The van der Waals surface area contributed by atoms with Gasteiger partial charge in [-0.15, -0.1) is 13.2 Å². The molecule has 1 heterocycles. The molecular weight excluding hydrogens is 210 g/mol. The van der Waals surface area contributed by atoms with Crippen LogP contribution in [0.15, 0.2) is 37.6 Å². The first-order chi connectivity index (χ1) is 7.20. The molecule has 4 heteroatoms. The fourth-order valence-electron chi connectivity index (χ4n) is 1.25. The first kappa shape index (κ1) is 11.6. The Kier molecular flexibility index (Phi) is 4.18. The zero-order valence-corrected chi connectivity index (χ0v) is 9.24. The van der Waals surface area contributed by atoms with Crippen molar-refractivity contribution in [3.63, 3.8) is 0 Å². The number of aromatic nitrogens is 1. The van der Waals surface area contributed by atoms with Crippen LogP contribution in [0.1, 0.15) is 0 Å². The van der Waals surface area contributed by atoms with Crippen molar-refractivity contribution in [1.82, 2.24) is 4.98 Å². The highest BCUT2D eigenvalue weighted by atomic mass is 35.5. The maximum atomic E-state index is 5.91.